The first-order valence-electron chi connectivity index (χ1n) is 11.3. The van der Waals surface area contributed by atoms with E-state index in [-0.39, 0.29) is 29.8 Å². The topological polar surface area (TPSA) is 67.3 Å². The summed E-state index contributed by atoms with van der Waals surface area (Å²) in [6, 6.07) is 17.1. The van der Waals surface area contributed by atoms with Crippen LogP contribution in [0, 0.1) is 11.7 Å². The van der Waals surface area contributed by atoms with E-state index in [1.165, 1.54) is 12.1 Å². The molecular weight excluding hydrogens is 475 g/mol. The number of benzene rings is 2. The van der Waals surface area contributed by atoms with Crippen molar-refractivity contribution in [2.45, 2.75) is 48.9 Å². The molecule has 8 heteroatoms. The minimum Gasteiger partial charge on any atom is -0.328 e. The molecular formula is C26H26ClFN2O3S. The normalized spacial score (nSPS) is 15.5. The van der Waals surface area contributed by atoms with Gasteiger partial charge in [-0.05, 0) is 79.3 Å². The second kappa shape index (κ2) is 10.2. The van der Waals surface area contributed by atoms with Gasteiger partial charge in [0, 0.05) is 11.2 Å². The first-order valence-corrected chi connectivity index (χ1v) is 13.2. The molecule has 1 saturated carbocycles. The summed E-state index contributed by atoms with van der Waals surface area (Å²) >= 11 is 6.10. The molecule has 2 atom stereocenters. The molecule has 0 spiro atoms. The highest BCUT2D eigenvalue weighted by molar-refractivity contribution is 7.92. The maximum atomic E-state index is 14.0. The molecule has 1 heterocycles. The van der Waals surface area contributed by atoms with Crippen molar-refractivity contribution in [2.24, 2.45) is 5.92 Å². The molecule has 1 aliphatic carbocycles. The molecule has 0 saturated heterocycles. The molecule has 0 bridgehead atoms. The highest BCUT2D eigenvalue weighted by Crippen LogP contribution is 2.46. The Balaban J connectivity index is 1.75. The van der Waals surface area contributed by atoms with E-state index in [1.54, 1.807) is 36.2 Å². The average molecular weight is 501 g/mol. The molecule has 1 fully saturated rings. The van der Waals surface area contributed by atoms with Gasteiger partial charge in [-0.2, -0.15) is 0 Å². The van der Waals surface area contributed by atoms with E-state index in [4.69, 9.17) is 11.6 Å². The summed E-state index contributed by atoms with van der Waals surface area (Å²) in [5, 5.41) is -0.707. The highest BCUT2D eigenvalue weighted by atomic mass is 35.5. The fraction of sp³-hybridized carbons (Fsp3) is 0.308. The molecule has 3 aromatic rings. The molecule has 1 aromatic heterocycles. The Kier molecular flexibility index (Phi) is 7.33. The molecule has 0 aliphatic heterocycles. The SMILES string of the molecule is CCC(C(=O)N(Cc1ccccn1)C(c1ccc(Cl)cc1)C1CC1)S(=O)(=O)c1ccc(F)cc1. The number of pyridine rings is 1. The quantitative estimate of drug-likeness (QED) is 0.358. The Bertz CT molecular complexity index is 1230. The number of hydrogen-bond donors (Lipinski definition) is 0. The van der Waals surface area contributed by atoms with E-state index < -0.39 is 26.8 Å². The summed E-state index contributed by atoms with van der Waals surface area (Å²) in [4.78, 5) is 20.0. The maximum absolute atomic E-state index is 14.0. The van der Waals surface area contributed by atoms with Gasteiger partial charge in [-0.3, -0.25) is 9.78 Å². The average Bonchev–Trinajstić information content (AvgIpc) is 3.66. The van der Waals surface area contributed by atoms with Gasteiger partial charge < -0.3 is 4.90 Å². The van der Waals surface area contributed by atoms with Gasteiger partial charge >= 0.3 is 0 Å². The van der Waals surface area contributed by atoms with E-state index in [1.807, 2.05) is 24.3 Å². The molecule has 1 amide bonds. The summed E-state index contributed by atoms with van der Waals surface area (Å²) < 4.78 is 40.3. The second-order valence-electron chi connectivity index (χ2n) is 8.52. The van der Waals surface area contributed by atoms with Gasteiger partial charge in [-0.1, -0.05) is 36.7 Å². The molecule has 178 valence electrons. The van der Waals surface area contributed by atoms with Gasteiger partial charge in [0.15, 0.2) is 9.84 Å². The van der Waals surface area contributed by atoms with E-state index in [2.05, 4.69) is 4.98 Å². The number of carbonyl (C=O) groups excluding carboxylic acids is 1. The van der Waals surface area contributed by atoms with Crippen LogP contribution in [0.2, 0.25) is 5.02 Å². The summed E-state index contributed by atoms with van der Waals surface area (Å²) in [5.74, 6) is -0.796. The van der Waals surface area contributed by atoms with E-state index >= 15 is 0 Å². The van der Waals surface area contributed by atoms with Crippen LogP contribution in [-0.4, -0.2) is 29.5 Å². The van der Waals surface area contributed by atoms with Gasteiger partial charge in [0.2, 0.25) is 5.91 Å². The molecule has 0 N–H and O–H groups in total. The van der Waals surface area contributed by atoms with Crippen LogP contribution >= 0.6 is 11.6 Å². The zero-order chi connectivity index (χ0) is 24.3. The summed E-state index contributed by atoms with van der Waals surface area (Å²) in [5.41, 5.74) is 1.58. The van der Waals surface area contributed by atoms with Crippen molar-refractivity contribution in [3.05, 3.63) is 95.0 Å². The van der Waals surface area contributed by atoms with Crippen molar-refractivity contribution in [3.8, 4) is 0 Å². The fourth-order valence-corrected chi connectivity index (χ4v) is 6.07. The Morgan fingerprint density at radius 3 is 2.32 bits per heavy atom. The van der Waals surface area contributed by atoms with Crippen LogP contribution in [0.1, 0.15) is 43.5 Å². The lowest BCUT2D eigenvalue weighted by molar-refractivity contribution is -0.134. The smallest absolute Gasteiger partial charge is 0.242 e. The van der Waals surface area contributed by atoms with Crippen molar-refractivity contribution in [1.29, 1.82) is 0 Å². The van der Waals surface area contributed by atoms with E-state index in [0.29, 0.717) is 10.7 Å². The molecule has 34 heavy (non-hydrogen) atoms. The maximum Gasteiger partial charge on any atom is 0.242 e. The standard InChI is InChI=1S/C26H26ClFN2O3S/c1-2-24(34(32,33)23-14-12-21(28)13-15-23)26(31)30(17-22-5-3-4-16-29-22)25(18-6-7-18)19-8-10-20(27)11-9-19/h3-5,8-16,18,24-25H,2,6-7,17H2,1H3. The first-order chi connectivity index (χ1) is 16.3. The number of amides is 1. The van der Waals surface area contributed by atoms with Gasteiger partial charge in [0.25, 0.3) is 0 Å². The van der Waals surface area contributed by atoms with Crippen LogP contribution in [0.4, 0.5) is 4.39 Å². The number of carbonyl (C=O) groups is 1. The Morgan fingerprint density at radius 2 is 1.76 bits per heavy atom. The molecule has 2 aromatic carbocycles. The van der Waals surface area contributed by atoms with Crippen LogP contribution in [0.5, 0.6) is 0 Å². The predicted molar refractivity (Wildman–Crippen MR) is 129 cm³/mol. The van der Waals surface area contributed by atoms with Crippen LogP contribution in [0.3, 0.4) is 0 Å². The third kappa shape index (κ3) is 5.31. The van der Waals surface area contributed by atoms with E-state index in [0.717, 1.165) is 30.5 Å². The first kappa shape index (κ1) is 24.4. The third-order valence-electron chi connectivity index (χ3n) is 6.12. The lowest BCUT2D eigenvalue weighted by Gasteiger charge is -2.35. The number of hydrogen-bond acceptors (Lipinski definition) is 4. The lowest BCUT2D eigenvalue weighted by Crippen LogP contribution is -2.45. The minimum absolute atomic E-state index is 0.0682. The van der Waals surface area contributed by atoms with Crippen LogP contribution in [-0.2, 0) is 21.2 Å². The monoisotopic (exact) mass is 500 g/mol. The molecule has 2 unspecified atom stereocenters. The summed E-state index contributed by atoms with van der Waals surface area (Å²) in [7, 11) is -4.03. The Morgan fingerprint density at radius 1 is 1.09 bits per heavy atom. The van der Waals surface area contributed by atoms with Crippen molar-refractivity contribution in [3.63, 3.8) is 0 Å². The Labute approximate surface area is 204 Å². The molecule has 1 aliphatic rings. The lowest BCUT2D eigenvalue weighted by atomic mass is 9.99. The number of aromatic nitrogens is 1. The second-order valence-corrected chi connectivity index (χ2v) is 11.1. The Hall–Kier alpha value is -2.77. The summed E-state index contributed by atoms with van der Waals surface area (Å²) in [6.07, 6.45) is 3.63. The van der Waals surface area contributed by atoms with Gasteiger partial charge in [-0.25, -0.2) is 12.8 Å². The van der Waals surface area contributed by atoms with Crippen molar-refractivity contribution >= 4 is 27.3 Å². The zero-order valence-corrected chi connectivity index (χ0v) is 20.3. The molecule has 4 rings (SSSR count). The zero-order valence-electron chi connectivity index (χ0n) is 18.8. The van der Waals surface area contributed by atoms with Crippen LogP contribution < -0.4 is 0 Å². The minimum atomic E-state index is -4.03. The van der Waals surface area contributed by atoms with Crippen molar-refractivity contribution < 1.29 is 17.6 Å². The summed E-state index contributed by atoms with van der Waals surface area (Å²) in [6.45, 7) is 1.86. The van der Waals surface area contributed by atoms with E-state index in [9.17, 15) is 17.6 Å². The molecule has 5 nitrogen and oxygen atoms in total. The fourth-order valence-electron chi connectivity index (χ4n) is 4.26. The van der Waals surface area contributed by atoms with Gasteiger partial charge in [-0.15, -0.1) is 0 Å². The van der Waals surface area contributed by atoms with Crippen molar-refractivity contribution in [2.75, 3.05) is 0 Å². The number of halogens is 2. The van der Waals surface area contributed by atoms with Gasteiger partial charge in [0.05, 0.1) is 23.2 Å². The van der Waals surface area contributed by atoms with Crippen LogP contribution in [0.15, 0.2) is 77.8 Å². The number of rotatable bonds is 9. The van der Waals surface area contributed by atoms with Crippen molar-refractivity contribution in [1.82, 2.24) is 9.88 Å². The number of nitrogens with zero attached hydrogens (tertiary/aromatic N) is 2. The van der Waals surface area contributed by atoms with Crippen LogP contribution in [0.25, 0.3) is 0 Å². The largest absolute Gasteiger partial charge is 0.328 e. The highest BCUT2D eigenvalue weighted by Gasteiger charge is 2.43. The number of sulfone groups is 1. The third-order valence-corrected chi connectivity index (χ3v) is 8.59. The van der Waals surface area contributed by atoms with Gasteiger partial charge in [0.1, 0.15) is 11.1 Å². The molecule has 0 radical (unpaired) electrons. The predicted octanol–water partition coefficient (Wildman–Crippen LogP) is 5.61.